The number of nitro groups is 1. The number of aromatic nitrogens is 1. The van der Waals surface area contributed by atoms with Crippen molar-refractivity contribution in [2.75, 3.05) is 43.0 Å². The Labute approximate surface area is 245 Å². The molecule has 11 heteroatoms. The Hall–Kier alpha value is -3.72. The Morgan fingerprint density at radius 3 is 2.38 bits per heavy atom. The van der Waals surface area contributed by atoms with Gasteiger partial charge in [-0.05, 0) is 54.1 Å². The summed E-state index contributed by atoms with van der Waals surface area (Å²) in [6.07, 6.45) is 1.82. The number of fused-ring (bicyclic) bond motifs is 2. The second-order valence-corrected chi connectivity index (χ2v) is 10.9. The highest BCUT2D eigenvalue weighted by Crippen LogP contribution is 2.47. The fourth-order valence-electron chi connectivity index (χ4n) is 5.50. The lowest BCUT2D eigenvalue weighted by atomic mass is 9.86. The predicted molar refractivity (Wildman–Crippen MR) is 160 cm³/mol. The molecular weight excluding hydrogens is 573 g/mol. The molecular formula is C29H24Cl3N5O3. The van der Waals surface area contributed by atoms with Crippen molar-refractivity contribution < 1.29 is 9.66 Å². The minimum atomic E-state index is -0.711. The molecule has 1 unspecified atom stereocenters. The third-order valence-corrected chi connectivity index (χ3v) is 8.11. The molecule has 2 aliphatic rings. The smallest absolute Gasteiger partial charge is 0.317 e. The Morgan fingerprint density at radius 1 is 0.950 bits per heavy atom. The number of piperazine rings is 1. The molecule has 1 N–H and O–H groups in total. The third kappa shape index (κ3) is 4.76. The molecule has 3 heterocycles. The van der Waals surface area contributed by atoms with Crippen LogP contribution < -0.4 is 19.9 Å². The zero-order valence-electron chi connectivity index (χ0n) is 21.4. The molecule has 2 aliphatic heterocycles. The number of hydrogen-bond acceptors (Lipinski definition) is 7. The van der Waals surface area contributed by atoms with Crippen molar-refractivity contribution in [3.63, 3.8) is 0 Å². The van der Waals surface area contributed by atoms with Crippen LogP contribution in [0.5, 0.6) is 5.75 Å². The van der Waals surface area contributed by atoms with Crippen LogP contribution in [0.2, 0.25) is 15.1 Å². The number of pyridine rings is 1. The number of nitrogens with one attached hydrogen (secondary N) is 1. The molecule has 1 fully saturated rings. The maximum absolute atomic E-state index is 12.2. The van der Waals surface area contributed by atoms with Crippen molar-refractivity contribution >= 4 is 57.1 Å². The van der Waals surface area contributed by atoms with Crippen molar-refractivity contribution in [1.29, 1.82) is 0 Å². The average Bonchev–Trinajstić information content (AvgIpc) is 2.96. The quantitative estimate of drug-likeness (QED) is 0.202. The summed E-state index contributed by atoms with van der Waals surface area (Å²) >= 11 is 18.9. The SMILES string of the molecule is CNC1=C([N+](=O)[O-])C(c2ccc(N3CCN(c4ccnc5cc(Cl)ccc45)CC3)cc2)c2cc(Cl)cc(Cl)c2O1. The minimum Gasteiger partial charge on any atom is -0.434 e. The molecule has 8 nitrogen and oxygen atoms in total. The first-order valence-electron chi connectivity index (χ1n) is 12.7. The topological polar surface area (TPSA) is 83.8 Å². The molecule has 0 spiro atoms. The Kier molecular flexibility index (Phi) is 7.08. The fourth-order valence-corrected chi connectivity index (χ4v) is 6.22. The van der Waals surface area contributed by atoms with Gasteiger partial charge in [0.1, 0.15) is 5.92 Å². The van der Waals surface area contributed by atoms with Crippen LogP contribution in [-0.4, -0.2) is 43.1 Å². The van der Waals surface area contributed by atoms with Crippen LogP contribution in [0, 0.1) is 10.1 Å². The lowest BCUT2D eigenvalue weighted by molar-refractivity contribution is -0.432. The van der Waals surface area contributed by atoms with Crippen molar-refractivity contribution in [3.05, 3.63) is 115 Å². The minimum absolute atomic E-state index is 0.0535. The van der Waals surface area contributed by atoms with Gasteiger partial charge in [0.25, 0.3) is 5.88 Å². The summed E-state index contributed by atoms with van der Waals surface area (Å²) in [6.45, 7) is 3.33. The molecule has 1 aromatic heterocycles. The number of halogens is 3. The number of hydrogen-bond donors (Lipinski definition) is 1. The zero-order valence-corrected chi connectivity index (χ0v) is 23.7. The van der Waals surface area contributed by atoms with Gasteiger partial charge in [0.05, 0.1) is 15.5 Å². The van der Waals surface area contributed by atoms with E-state index in [-0.39, 0.29) is 11.6 Å². The van der Waals surface area contributed by atoms with E-state index in [0.29, 0.717) is 26.4 Å². The van der Waals surface area contributed by atoms with E-state index in [1.54, 1.807) is 19.2 Å². The summed E-state index contributed by atoms with van der Waals surface area (Å²) in [5.74, 6) is -0.299. The number of anilines is 2. The monoisotopic (exact) mass is 595 g/mol. The Balaban J connectivity index is 1.26. The number of nitrogens with zero attached hydrogens (tertiary/aromatic N) is 4. The van der Waals surface area contributed by atoms with Gasteiger partial charge in [-0.3, -0.25) is 15.1 Å². The van der Waals surface area contributed by atoms with Crippen LogP contribution in [0.4, 0.5) is 11.4 Å². The van der Waals surface area contributed by atoms with Gasteiger partial charge in [0.15, 0.2) is 5.75 Å². The van der Waals surface area contributed by atoms with E-state index in [9.17, 15) is 10.1 Å². The summed E-state index contributed by atoms with van der Waals surface area (Å²) in [5.41, 5.74) is 4.27. The van der Waals surface area contributed by atoms with Crippen molar-refractivity contribution in [2.24, 2.45) is 0 Å². The van der Waals surface area contributed by atoms with E-state index in [1.165, 1.54) is 0 Å². The van der Waals surface area contributed by atoms with Crippen LogP contribution in [0.3, 0.4) is 0 Å². The first-order chi connectivity index (χ1) is 19.3. The molecule has 1 saturated heterocycles. The summed E-state index contributed by atoms with van der Waals surface area (Å²) < 4.78 is 5.80. The van der Waals surface area contributed by atoms with Gasteiger partial charge in [-0.15, -0.1) is 0 Å². The molecule has 0 aliphatic carbocycles. The van der Waals surface area contributed by atoms with E-state index in [1.807, 2.05) is 54.7 Å². The number of benzene rings is 3. The predicted octanol–water partition coefficient (Wildman–Crippen LogP) is 6.71. The van der Waals surface area contributed by atoms with Crippen LogP contribution in [0.15, 0.2) is 78.4 Å². The Morgan fingerprint density at radius 2 is 1.68 bits per heavy atom. The van der Waals surface area contributed by atoms with Gasteiger partial charge < -0.3 is 19.9 Å². The highest BCUT2D eigenvalue weighted by Gasteiger charge is 2.40. The molecule has 0 amide bonds. The van der Waals surface area contributed by atoms with Crippen LogP contribution in [0.1, 0.15) is 17.0 Å². The lowest BCUT2D eigenvalue weighted by Gasteiger charge is -2.38. The van der Waals surface area contributed by atoms with Gasteiger partial charge in [0, 0.05) is 71.8 Å². The number of allylic oxidation sites excluding steroid dienone is 1. The molecule has 1 atom stereocenters. The van der Waals surface area contributed by atoms with Crippen molar-refractivity contribution in [1.82, 2.24) is 10.3 Å². The van der Waals surface area contributed by atoms with E-state index < -0.39 is 10.8 Å². The number of rotatable bonds is 5. The van der Waals surface area contributed by atoms with E-state index in [2.05, 4.69) is 20.1 Å². The van der Waals surface area contributed by atoms with E-state index in [0.717, 1.165) is 54.0 Å². The largest absolute Gasteiger partial charge is 0.434 e. The molecule has 3 aromatic carbocycles. The van der Waals surface area contributed by atoms with E-state index >= 15 is 0 Å². The van der Waals surface area contributed by atoms with Crippen LogP contribution >= 0.6 is 34.8 Å². The van der Waals surface area contributed by atoms with Crippen molar-refractivity contribution in [3.8, 4) is 5.75 Å². The first-order valence-corrected chi connectivity index (χ1v) is 13.8. The summed E-state index contributed by atoms with van der Waals surface area (Å²) in [7, 11) is 1.58. The molecule has 204 valence electrons. The molecule has 0 saturated carbocycles. The summed E-state index contributed by atoms with van der Waals surface area (Å²) in [5, 5.41) is 17.4. The maximum atomic E-state index is 12.2. The molecule has 40 heavy (non-hydrogen) atoms. The van der Waals surface area contributed by atoms with Gasteiger partial charge in [0.2, 0.25) is 0 Å². The second-order valence-electron chi connectivity index (χ2n) is 9.62. The normalized spacial score (nSPS) is 17.1. The highest BCUT2D eigenvalue weighted by molar-refractivity contribution is 6.35. The van der Waals surface area contributed by atoms with Gasteiger partial charge in [-0.25, -0.2) is 0 Å². The van der Waals surface area contributed by atoms with Crippen LogP contribution in [0.25, 0.3) is 10.9 Å². The maximum Gasteiger partial charge on any atom is 0.317 e. The standard InChI is InChI=1S/C29H24Cl3N5O3/c1-33-29-27(37(38)39)26(22-14-19(31)15-23(32)28(22)40-29)17-2-5-20(6-3-17)35-10-12-36(13-11-35)25-8-9-34-24-16-18(30)4-7-21(24)25/h2-9,14-16,26,33H,10-13H2,1H3. The molecule has 0 radical (unpaired) electrons. The van der Waals surface area contributed by atoms with Gasteiger partial charge >= 0.3 is 5.70 Å². The average molecular weight is 597 g/mol. The highest BCUT2D eigenvalue weighted by atomic mass is 35.5. The zero-order chi connectivity index (χ0) is 28.0. The summed E-state index contributed by atoms with van der Waals surface area (Å²) in [4.78, 5) is 20.9. The molecule has 6 rings (SSSR count). The lowest BCUT2D eigenvalue weighted by Crippen LogP contribution is -2.46. The van der Waals surface area contributed by atoms with Crippen LogP contribution in [-0.2, 0) is 0 Å². The van der Waals surface area contributed by atoms with Gasteiger partial charge in [-0.2, -0.15) is 0 Å². The third-order valence-electron chi connectivity index (χ3n) is 7.38. The first kappa shape index (κ1) is 26.5. The number of ether oxygens (including phenoxy) is 1. The summed E-state index contributed by atoms with van der Waals surface area (Å²) in [6, 6.07) is 18.9. The van der Waals surface area contributed by atoms with Gasteiger partial charge in [-0.1, -0.05) is 46.9 Å². The fraction of sp³-hybridized carbons (Fsp3) is 0.207. The van der Waals surface area contributed by atoms with E-state index in [4.69, 9.17) is 39.5 Å². The Bertz CT molecular complexity index is 1650. The van der Waals surface area contributed by atoms with Crippen molar-refractivity contribution in [2.45, 2.75) is 5.92 Å². The molecule has 4 aromatic rings. The molecule has 0 bridgehead atoms. The second kappa shape index (κ2) is 10.7.